The molecule has 1 unspecified atom stereocenters. The average molecular weight is 281 g/mol. The number of thiazole rings is 1. The normalized spacial score (nSPS) is 13.1. The summed E-state index contributed by atoms with van der Waals surface area (Å²) in [5, 5.41) is 8.89. The van der Waals surface area contributed by atoms with Crippen LogP contribution in [0.3, 0.4) is 0 Å². The number of rotatable bonds is 6. The highest BCUT2D eigenvalue weighted by atomic mass is 32.1. The Kier molecular flexibility index (Phi) is 4.88. The van der Waals surface area contributed by atoms with Crippen LogP contribution in [0.25, 0.3) is 0 Å². The zero-order valence-corrected chi connectivity index (χ0v) is 12.6. The van der Waals surface area contributed by atoms with Crippen molar-refractivity contribution in [3.05, 3.63) is 38.5 Å². The number of aryl methyl sites for hydroxylation is 1. The molecule has 2 rings (SSSR count). The SMILES string of the molecule is Cc1csc(CNCC(c2cccs2)N(C)C)n1. The molecule has 5 heteroatoms. The molecule has 2 aromatic rings. The summed E-state index contributed by atoms with van der Waals surface area (Å²) in [5.41, 5.74) is 1.11. The van der Waals surface area contributed by atoms with Crippen LogP contribution < -0.4 is 5.32 Å². The largest absolute Gasteiger partial charge is 0.309 e. The molecule has 2 heterocycles. The summed E-state index contributed by atoms with van der Waals surface area (Å²) >= 11 is 3.54. The van der Waals surface area contributed by atoms with Gasteiger partial charge in [-0.1, -0.05) is 6.07 Å². The second kappa shape index (κ2) is 6.43. The van der Waals surface area contributed by atoms with E-state index in [4.69, 9.17) is 0 Å². The van der Waals surface area contributed by atoms with Gasteiger partial charge in [0, 0.05) is 29.0 Å². The van der Waals surface area contributed by atoms with E-state index in [-0.39, 0.29) is 0 Å². The monoisotopic (exact) mass is 281 g/mol. The first-order valence-electron chi connectivity index (χ1n) is 5.98. The van der Waals surface area contributed by atoms with E-state index in [0.717, 1.165) is 23.8 Å². The van der Waals surface area contributed by atoms with E-state index >= 15 is 0 Å². The summed E-state index contributed by atoms with van der Waals surface area (Å²) < 4.78 is 0. The lowest BCUT2D eigenvalue weighted by molar-refractivity contribution is 0.292. The molecule has 0 bridgehead atoms. The van der Waals surface area contributed by atoms with Crippen LogP contribution in [0, 0.1) is 6.92 Å². The molecule has 1 N–H and O–H groups in total. The second-order valence-corrected chi connectivity index (χ2v) is 6.43. The van der Waals surface area contributed by atoms with Gasteiger partial charge in [-0.2, -0.15) is 0 Å². The Morgan fingerprint density at radius 3 is 2.78 bits per heavy atom. The topological polar surface area (TPSA) is 28.2 Å². The van der Waals surface area contributed by atoms with Crippen molar-refractivity contribution in [1.82, 2.24) is 15.2 Å². The van der Waals surface area contributed by atoms with Crippen LogP contribution in [0.1, 0.15) is 21.6 Å². The van der Waals surface area contributed by atoms with Gasteiger partial charge in [0.1, 0.15) is 5.01 Å². The van der Waals surface area contributed by atoms with Gasteiger partial charge in [0.05, 0.1) is 6.04 Å². The lowest BCUT2D eigenvalue weighted by Crippen LogP contribution is -2.30. The minimum atomic E-state index is 0.436. The molecule has 0 saturated heterocycles. The minimum absolute atomic E-state index is 0.436. The van der Waals surface area contributed by atoms with Crippen molar-refractivity contribution < 1.29 is 0 Å². The molecule has 1 atom stereocenters. The third-order valence-electron chi connectivity index (χ3n) is 2.78. The molecule has 3 nitrogen and oxygen atoms in total. The summed E-state index contributed by atoms with van der Waals surface area (Å²) in [4.78, 5) is 8.12. The highest BCUT2D eigenvalue weighted by Crippen LogP contribution is 2.22. The van der Waals surface area contributed by atoms with E-state index in [9.17, 15) is 0 Å². The fraction of sp³-hybridized carbons (Fsp3) is 0.462. The zero-order chi connectivity index (χ0) is 13.0. The van der Waals surface area contributed by atoms with E-state index in [0.29, 0.717) is 6.04 Å². The van der Waals surface area contributed by atoms with Crippen molar-refractivity contribution in [1.29, 1.82) is 0 Å². The summed E-state index contributed by atoms with van der Waals surface area (Å²) in [7, 11) is 4.25. The first kappa shape index (κ1) is 13.7. The van der Waals surface area contributed by atoms with E-state index < -0.39 is 0 Å². The predicted molar refractivity (Wildman–Crippen MR) is 79.3 cm³/mol. The number of nitrogens with one attached hydrogen (secondary N) is 1. The molecule has 0 aromatic carbocycles. The standard InChI is InChI=1S/C13H19N3S2/c1-10-9-18-13(15-10)8-14-7-11(16(2)3)12-5-4-6-17-12/h4-6,9,11,14H,7-8H2,1-3H3. The van der Waals surface area contributed by atoms with Gasteiger partial charge >= 0.3 is 0 Å². The van der Waals surface area contributed by atoms with E-state index in [1.807, 2.05) is 18.3 Å². The molecule has 0 spiro atoms. The maximum atomic E-state index is 4.46. The smallest absolute Gasteiger partial charge is 0.107 e. The molecule has 98 valence electrons. The van der Waals surface area contributed by atoms with Crippen LogP contribution in [-0.4, -0.2) is 30.5 Å². The number of nitrogens with zero attached hydrogens (tertiary/aromatic N) is 2. The molecule has 0 aliphatic rings. The van der Waals surface area contributed by atoms with Gasteiger partial charge < -0.3 is 10.2 Å². The molecule has 0 saturated carbocycles. The maximum Gasteiger partial charge on any atom is 0.107 e. The zero-order valence-electron chi connectivity index (χ0n) is 11.0. The lowest BCUT2D eigenvalue weighted by atomic mass is 10.2. The Hall–Kier alpha value is -0.750. The summed E-state index contributed by atoms with van der Waals surface area (Å²) in [5.74, 6) is 0. The predicted octanol–water partition coefficient (Wildman–Crippen LogP) is 2.91. The number of hydrogen-bond acceptors (Lipinski definition) is 5. The maximum absolute atomic E-state index is 4.46. The Bertz CT molecular complexity index is 462. The Morgan fingerprint density at radius 1 is 1.39 bits per heavy atom. The third-order valence-corrected chi connectivity index (χ3v) is 4.72. The van der Waals surface area contributed by atoms with Crippen molar-refractivity contribution >= 4 is 22.7 Å². The highest BCUT2D eigenvalue weighted by Gasteiger charge is 2.14. The van der Waals surface area contributed by atoms with Crippen LogP contribution in [0.15, 0.2) is 22.9 Å². The third kappa shape index (κ3) is 3.62. The Labute approximate surface area is 116 Å². The molecule has 2 aromatic heterocycles. The van der Waals surface area contributed by atoms with Crippen LogP contribution in [0.2, 0.25) is 0 Å². The summed E-state index contributed by atoms with van der Waals surface area (Å²) in [6.07, 6.45) is 0. The molecular formula is C13H19N3S2. The number of aromatic nitrogens is 1. The molecular weight excluding hydrogens is 262 g/mol. The van der Waals surface area contributed by atoms with E-state index in [2.05, 4.69) is 52.2 Å². The highest BCUT2D eigenvalue weighted by molar-refractivity contribution is 7.10. The molecule has 0 aliphatic heterocycles. The lowest BCUT2D eigenvalue weighted by Gasteiger charge is -2.23. The van der Waals surface area contributed by atoms with Gasteiger partial charge in [-0.15, -0.1) is 22.7 Å². The van der Waals surface area contributed by atoms with Crippen molar-refractivity contribution in [3.63, 3.8) is 0 Å². The first-order chi connectivity index (χ1) is 8.66. The van der Waals surface area contributed by atoms with Crippen LogP contribution in [0.4, 0.5) is 0 Å². The van der Waals surface area contributed by atoms with Crippen LogP contribution >= 0.6 is 22.7 Å². The van der Waals surface area contributed by atoms with Gasteiger partial charge in [-0.3, -0.25) is 0 Å². The van der Waals surface area contributed by atoms with Gasteiger partial charge in [0.15, 0.2) is 0 Å². The first-order valence-corrected chi connectivity index (χ1v) is 7.74. The number of hydrogen-bond donors (Lipinski definition) is 1. The van der Waals surface area contributed by atoms with Gasteiger partial charge in [-0.25, -0.2) is 4.98 Å². The van der Waals surface area contributed by atoms with Crippen molar-refractivity contribution in [3.8, 4) is 0 Å². The fourth-order valence-electron chi connectivity index (χ4n) is 1.82. The van der Waals surface area contributed by atoms with Gasteiger partial charge in [0.25, 0.3) is 0 Å². The second-order valence-electron chi connectivity index (χ2n) is 4.51. The van der Waals surface area contributed by atoms with Gasteiger partial charge in [0.2, 0.25) is 0 Å². The molecule has 0 fully saturated rings. The van der Waals surface area contributed by atoms with Gasteiger partial charge in [-0.05, 0) is 32.5 Å². The van der Waals surface area contributed by atoms with Crippen molar-refractivity contribution in [2.45, 2.75) is 19.5 Å². The quantitative estimate of drug-likeness (QED) is 0.882. The number of likely N-dealkylation sites (N-methyl/N-ethyl adjacent to an activating group) is 1. The molecule has 0 aliphatic carbocycles. The van der Waals surface area contributed by atoms with Crippen molar-refractivity contribution in [2.24, 2.45) is 0 Å². The van der Waals surface area contributed by atoms with E-state index in [1.165, 1.54) is 4.88 Å². The fourth-order valence-corrected chi connectivity index (χ4v) is 3.48. The van der Waals surface area contributed by atoms with E-state index in [1.54, 1.807) is 11.3 Å². The molecule has 0 radical (unpaired) electrons. The Morgan fingerprint density at radius 2 is 2.22 bits per heavy atom. The average Bonchev–Trinajstić information content (AvgIpc) is 2.95. The Balaban J connectivity index is 1.87. The summed E-state index contributed by atoms with van der Waals surface area (Å²) in [6, 6.07) is 4.75. The summed E-state index contributed by atoms with van der Waals surface area (Å²) in [6.45, 7) is 3.84. The molecule has 0 amide bonds. The number of thiophene rings is 1. The van der Waals surface area contributed by atoms with Crippen LogP contribution in [0.5, 0.6) is 0 Å². The molecule has 18 heavy (non-hydrogen) atoms. The van der Waals surface area contributed by atoms with Crippen molar-refractivity contribution in [2.75, 3.05) is 20.6 Å². The van der Waals surface area contributed by atoms with Crippen LogP contribution in [-0.2, 0) is 6.54 Å². The minimum Gasteiger partial charge on any atom is -0.309 e.